The van der Waals surface area contributed by atoms with Gasteiger partial charge in [0.1, 0.15) is 12.4 Å². The number of nitrogens with two attached hydrogens (primary N) is 1. The van der Waals surface area contributed by atoms with E-state index in [2.05, 4.69) is 46.1 Å². The van der Waals surface area contributed by atoms with E-state index in [1.54, 1.807) is 7.05 Å². The molecule has 0 aliphatic carbocycles. The third-order valence-corrected chi connectivity index (χ3v) is 5.46. The second kappa shape index (κ2) is 14.5. The van der Waals surface area contributed by atoms with Gasteiger partial charge in [0.15, 0.2) is 5.96 Å². The summed E-state index contributed by atoms with van der Waals surface area (Å²) in [5.41, 5.74) is 6.54. The standard InChI is InChI=1S/C22H37N5O2.HI/c1-4-26(5-2)13-14-29-20-10-8-18(9-11-20)16-25-22(24-3)27-12-6-7-19(17-27)15-21(23)28;/h8-11,19H,4-7,12-17H2,1-3H3,(H2,23,28)(H,24,25);1H. The van der Waals surface area contributed by atoms with Gasteiger partial charge in [0.2, 0.25) is 5.91 Å². The van der Waals surface area contributed by atoms with Crippen LogP contribution >= 0.6 is 24.0 Å². The molecule has 2 rings (SSSR count). The van der Waals surface area contributed by atoms with Crippen molar-refractivity contribution < 1.29 is 9.53 Å². The predicted octanol–water partition coefficient (Wildman–Crippen LogP) is 2.69. The first-order valence-corrected chi connectivity index (χ1v) is 10.7. The number of nitrogens with one attached hydrogen (secondary N) is 1. The first-order chi connectivity index (χ1) is 14.0. The number of guanidine groups is 1. The van der Waals surface area contributed by atoms with Crippen LogP contribution in [0.1, 0.15) is 38.7 Å². The van der Waals surface area contributed by atoms with Gasteiger partial charge < -0.3 is 25.6 Å². The molecular formula is C22H38IN5O2. The van der Waals surface area contributed by atoms with Gasteiger partial charge in [0.05, 0.1) is 0 Å². The Bertz CT molecular complexity index is 649. The van der Waals surface area contributed by atoms with E-state index in [0.29, 0.717) is 25.5 Å². The summed E-state index contributed by atoms with van der Waals surface area (Å²) >= 11 is 0. The number of carbonyl (C=O) groups is 1. The number of likely N-dealkylation sites (N-methyl/N-ethyl adjacent to an activating group) is 1. The van der Waals surface area contributed by atoms with Gasteiger partial charge >= 0.3 is 0 Å². The molecule has 0 bridgehead atoms. The Morgan fingerprint density at radius 1 is 1.30 bits per heavy atom. The summed E-state index contributed by atoms with van der Waals surface area (Å²) in [7, 11) is 1.80. The van der Waals surface area contributed by atoms with E-state index in [-0.39, 0.29) is 29.9 Å². The van der Waals surface area contributed by atoms with Crippen LogP contribution in [0.5, 0.6) is 5.75 Å². The van der Waals surface area contributed by atoms with E-state index in [9.17, 15) is 4.79 Å². The Kier molecular flexibility index (Phi) is 12.8. The molecule has 1 saturated heterocycles. The molecule has 1 amide bonds. The maximum absolute atomic E-state index is 11.2. The molecule has 1 atom stereocenters. The minimum atomic E-state index is -0.223. The van der Waals surface area contributed by atoms with Gasteiger partial charge in [-0.2, -0.15) is 0 Å². The highest BCUT2D eigenvalue weighted by Crippen LogP contribution is 2.19. The minimum Gasteiger partial charge on any atom is -0.492 e. The van der Waals surface area contributed by atoms with Crippen molar-refractivity contribution in [3.63, 3.8) is 0 Å². The number of hydrogen-bond acceptors (Lipinski definition) is 4. The van der Waals surface area contributed by atoms with Crippen LogP contribution in [-0.4, -0.2) is 68.0 Å². The highest BCUT2D eigenvalue weighted by atomic mass is 127. The third-order valence-electron chi connectivity index (χ3n) is 5.46. The van der Waals surface area contributed by atoms with Gasteiger partial charge in [-0.3, -0.25) is 9.79 Å². The molecule has 7 nitrogen and oxygen atoms in total. The number of piperidine rings is 1. The zero-order valence-corrected chi connectivity index (χ0v) is 20.9. The van der Waals surface area contributed by atoms with E-state index in [1.807, 2.05) is 12.1 Å². The van der Waals surface area contributed by atoms with Crippen LogP contribution in [0.2, 0.25) is 0 Å². The smallest absolute Gasteiger partial charge is 0.217 e. The van der Waals surface area contributed by atoms with Crippen molar-refractivity contribution in [1.82, 2.24) is 15.1 Å². The van der Waals surface area contributed by atoms with Gasteiger partial charge in [-0.1, -0.05) is 26.0 Å². The molecule has 1 aromatic carbocycles. The largest absolute Gasteiger partial charge is 0.492 e. The lowest BCUT2D eigenvalue weighted by molar-refractivity contribution is -0.119. The lowest BCUT2D eigenvalue weighted by Gasteiger charge is -2.34. The molecule has 1 fully saturated rings. The number of aliphatic imine (C=N–C) groups is 1. The molecular weight excluding hydrogens is 493 g/mol. The number of carbonyl (C=O) groups excluding carboxylic acids is 1. The van der Waals surface area contributed by atoms with Crippen molar-refractivity contribution in [1.29, 1.82) is 0 Å². The van der Waals surface area contributed by atoms with Gasteiger partial charge in [0.25, 0.3) is 0 Å². The van der Waals surface area contributed by atoms with E-state index in [1.165, 1.54) is 5.56 Å². The lowest BCUT2D eigenvalue weighted by atomic mass is 9.95. The van der Waals surface area contributed by atoms with Crippen LogP contribution in [0, 0.1) is 5.92 Å². The molecule has 0 aromatic heterocycles. The van der Waals surface area contributed by atoms with Crippen LogP contribution in [0.25, 0.3) is 0 Å². The molecule has 1 aliphatic rings. The summed E-state index contributed by atoms with van der Waals surface area (Å²) in [6, 6.07) is 8.20. The molecule has 1 unspecified atom stereocenters. The van der Waals surface area contributed by atoms with Crippen molar-refractivity contribution in [2.24, 2.45) is 16.6 Å². The molecule has 0 spiro atoms. The van der Waals surface area contributed by atoms with E-state index >= 15 is 0 Å². The van der Waals surface area contributed by atoms with Crippen molar-refractivity contribution in [2.45, 2.75) is 39.7 Å². The average Bonchev–Trinajstić information content (AvgIpc) is 2.72. The summed E-state index contributed by atoms with van der Waals surface area (Å²) in [6.07, 6.45) is 2.55. The fourth-order valence-electron chi connectivity index (χ4n) is 3.76. The fourth-order valence-corrected chi connectivity index (χ4v) is 3.76. The second-order valence-electron chi connectivity index (χ2n) is 7.54. The third kappa shape index (κ3) is 9.07. The number of ether oxygens (including phenoxy) is 1. The molecule has 8 heteroatoms. The quantitative estimate of drug-likeness (QED) is 0.276. The molecule has 1 heterocycles. The first kappa shape index (κ1) is 26.5. The van der Waals surface area contributed by atoms with Crippen LogP contribution in [0.4, 0.5) is 0 Å². The lowest BCUT2D eigenvalue weighted by Crippen LogP contribution is -2.46. The second-order valence-corrected chi connectivity index (χ2v) is 7.54. The summed E-state index contributed by atoms with van der Waals surface area (Å²) in [5, 5.41) is 3.43. The zero-order valence-electron chi connectivity index (χ0n) is 18.6. The number of nitrogens with zero attached hydrogens (tertiary/aromatic N) is 3. The number of likely N-dealkylation sites (tertiary alicyclic amines) is 1. The molecule has 3 N–H and O–H groups in total. The SMILES string of the molecule is CCN(CC)CCOc1ccc(CNC(=NC)N2CCCC(CC(N)=O)C2)cc1.I. The zero-order chi connectivity index (χ0) is 21.1. The Labute approximate surface area is 198 Å². The molecule has 30 heavy (non-hydrogen) atoms. The van der Waals surface area contributed by atoms with E-state index < -0.39 is 0 Å². The highest BCUT2D eigenvalue weighted by Gasteiger charge is 2.23. The Balaban J connectivity index is 0.00000450. The predicted molar refractivity (Wildman–Crippen MR) is 133 cm³/mol. The van der Waals surface area contributed by atoms with Crippen LogP contribution < -0.4 is 15.8 Å². The normalized spacial score (nSPS) is 16.9. The van der Waals surface area contributed by atoms with Gasteiger partial charge in [0, 0.05) is 39.6 Å². The molecule has 1 aromatic rings. The molecule has 0 radical (unpaired) electrons. The number of amides is 1. The number of halogens is 1. The molecule has 170 valence electrons. The summed E-state index contributed by atoms with van der Waals surface area (Å²) in [5.74, 6) is 1.86. The average molecular weight is 531 g/mol. The summed E-state index contributed by atoms with van der Waals surface area (Å²) in [4.78, 5) is 20.2. The highest BCUT2D eigenvalue weighted by molar-refractivity contribution is 14.0. The Morgan fingerprint density at radius 2 is 2.00 bits per heavy atom. The Morgan fingerprint density at radius 3 is 2.60 bits per heavy atom. The first-order valence-electron chi connectivity index (χ1n) is 10.7. The number of benzene rings is 1. The van der Waals surface area contributed by atoms with Crippen LogP contribution in [0.15, 0.2) is 29.3 Å². The maximum Gasteiger partial charge on any atom is 0.217 e. The Hall–Kier alpha value is -1.55. The number of primary amides is 1. The molecule has 0 saturated carbocycles. The van der Waals surface area contributed by atoms with Gasteiger partial charge in [-0.25, -0.2) is 0 Å². The van der Waals surface area contributed by atoms with Gasteiger partial charge in [-0.15, -0.1) is 24.0 Å². The monoisotopic (exact) mass is 531 g/mol. The van der Waals surface area contributed by atoms with E-state index in [0.717, 1.165) is 57.3 Å². The van der Waals surface area contributed by atoms with Crippen molar-refractivity contribution in [3.05, 3.63) is 29.8 Å². The van der Waals surface area contributed by atoms with Crippen molar-refractivity contribution in [2.75, 3.05) is 46.4 Å². The number of rotatable bonds is 10. The summed E-state index contributed by atoms with van der Waals surface area (Å²) < 4.78 is 5.85. The molecule has 1 aliphatic heterocycles. The minimum absolute atomic E-state index is 0. The topological polar surface area (TPSA) is 83.2 Å². The van der Waals surface area contributed by atoms with Crippen molar-refractivity contribution >= 4 is 35.8 Å². The maximum atomic E-state index is 11.2. The fraction of sp³-hybridized carbons (Fsp3) is 0.636. The van der Waals surface area contributed by atoms with Crippen LogP contribution in [-0.2, 0) is 11.3 Å². The van der Waals surface area contributed by atoms with Crippen LogP contribution in [0.3, 0.4) is 0 Å². The van der Waals surface area contributed by atoms with Gasteiger partial charge in [-0.05, 0) is 49.5 Å². The summed E-state index contributed by atoms with van der Waals surface area (Å²) in [6.45, 7) is 10.5. The van der Waals surface area contributed by atoms with E-state index in [4.69, 9.17) is 10.5 Å². The number of hydrogen-bond donors (Lipinski definition) is 2. The van der Waals surface area contributed by atoms with Crippen molar-refractivity contribution in [3.8, 4) is 5.75 Å².